The van der Waals surface area contributed by atoms with Crippen LogP contribution >= 0.6 is 0 Å². The molecule has 1 fully saturated rings. The molecule has 19 heavy (non-hydrogen) atoms. The topological polar surface area (TPSA) is 29.5 Å². The zero-order chi connectivity index (χ0) is 13.5. The van der Waals surface area contributed by atoms with Crippen LogP contribution in [0.1, 0.15) is 63.0 Å². The molecule has 0 aromatic heterocycles. The van der Waals surface area contributed by atoms with Crippen molar-refractivity contribution in [3.05, 3.63) is 29.3 Å². The Hall–Kier alpha value is -1.44. The number of fused-ring (bicyclic) bond motifs is 1. The molecule has 1 saturated carbocycles. The van der Waals surface area contributed by atoms with E-state index in [0.29, 0.717) is 11.7 Å². The fraction of sp³-hybridized carbons (Fsp3) is 0.529. The van der Waals surface area contributed by atoms with Gasteiger partial charge in [0.15, 0.2) is 0 Å². The first-order chi connectivity index (χ1) is 9.05. The van der Waals surface area contributed by atoms with Crippen LogP contribution in [0.25, 0.3) is 6.08 Å². The second kappa shape index (κ2) is 4.59. The monoisotopic (exact) mass is 258 g/mol. The van der Waals surface area contributed by atoms with E-state index in [1.165, 1.54) is 37.7 Å². The Morgan fingerprint density at radius 2 is 1.89 bits per heavy atom. The van der Waals surface area contributed by atoms with Gasteiger partial charge >= 0.3 is 0 Å². The van der Waals surface area contributed by atoms with Crippen LogP contribution in [0.2, 0.25) is 0 Å². The normalized spacial score (nSPS) is 21.8. The van der Waals surface area contributed by atoms with Crippen LogP contribution in [0.4, 0.5) is 0 Å². The predicted molar refractivity (Wildman–Crippen MR) is 77.7 cm³/mol. The van der Waals surface area contributed by atoms with E-state index < -0.39 is 0 Å². The molecule has 0 atom stereocenters. The van der Waals surface area contributed by atoms with Crippen LogP contribution in [0.15, 0.2) is 18.2 Å². The zero-order valence-corrected chi connectivity index (χ0v) is 11.8. The van der Waals surface area contributed by atoms with Crippen molar-refractivity contribution < 1.29 is 9.84 Å². The third-order valence-electron chi connectivity index (χ3n) is 4.24. The highest BCUT2D eigenvalue weighted by molar-refractivity contribution is 5.67. The lowest BCUT2D eigenvalue weighted by atomic mass is 9.83. The Kier molecular flexibility index (Phi) is 3.04. The summed E-state index contributed by atoms with van der Waals surface area (Å²) in [6.45, 7) is 4.08. The summed E-state index contributed by atoms with van der Waals surface area (Å²) in [6.07, 6.45) is 10.4. The molecule has 1 aliphatic carbocycles. The third kappa shape index (κ3) is 2.49. The van der Waals surface area contributed by atoms with E-state index in [1.807, 2.05) is 32.1 Å². The number of hydrogen-bond acceptors (Lipinski definition) is 2. The van der Waals surface area contributed by atoms with Crippen molar-refractivity contribution >= 4 is 6.08 Å². The summed E-state index contributed by atoms with van der Waals surface area (Å²) >= 11 is 0. The fourth-order valence-corrected chi connectivity index (χ4v) is 3.16. The molecule has 1 heterocycles. The standard InChI is InChI=1S/C17H22O2/c1-17(2)9-8-14-15(18)10-13(11-16(14)19-17)12-6-4-3-5-7-12/h8-12,18H,3-7H2,1-2H3. The van der Waals surface area contributed by atoms with Gasteiger partial charge in [-0.1, -0.05) is 19.3 Å². The van der Waals surface area contributed by atoms with Gasteiger partial charge < -0.3 is 9.84 Å². The summed E-state index contributed by atoms with van der Waals surface area (Å²) in [5.74, 6) is 1.76. The summed E-state index contributed by atoms with van der Waals surface area (Å²) in [6, 6.07) is 4.07. The van der Waals surface area contributed by atoms with Gasteiger partial charge in [-0.25, -0.2) is 0 Å². The van der Waals surface area contributed by atoms with Crippen molar-refractivity contribution in [2.75, 3.05) is 0 Å². The highest BCUT2D eigenvalue weighted by atomic mass is 16.5. The fourth-order valence-electron chi connectivity index (χ4n) is 3.16. The van der Waals surface area contributed by atoms with Crippen LogP contribution in [0, 0.1) is 0 Å². The molecule has 2 heteroatoms. The van der Waals surface area contributed by atoms with Crippen LogP contribution in [-0.2, 0) is 0 Å². The Bertz CT molecular complexity index is 508. The number of aromatic hydroxyl groups is 1. The summed E-state index contributed by atoms with van der Waals surface area (Å²) in [5, 5.41) is 10.2. The maximum Gasteiger partial charge on any atom is 0.131 e. The minimum absolute atomic E-state index is 0.287. The lowest BCUT2D eigenvalue weighted by Gasteiger charge is -2.30. The minimum atomic E-state index is -0.287. The van der Waals surface area contributed by atoms with Gasteiger partial charge in [0.05, 0.1) is 5.56 Å². The first-order valence-corrected chi connectivity index (χ1v) is 7.30. The number of hydrogen-bond donors (Lipinski definition) is 1. The van der Waals surface area contributed by atoms with E-state index in [2.05, 4.69) is 6.07 Å². The molecule has 1 aromatic rings. The van der Waals surface area contributed by atoms with E-state index in [9.17, 15) is 5.11 Å². The minimum Gasteiger partial charge on any atom is -0.507 e. The predicted octanol–water partition coefficient (Wildman–Crippen LogP) is 4.62. The molecule has 2 aliphatic rings. The van der Waals surface area contributed by atoms with Crippen LogP contribution in [-0.4, -0.2) is 10.7 Å². The van der Waals surface area contributed by atoms with Gasteiger partial charge in [-0.2, -0.15) is 0 Å². The molecule has 102 valence electrons. The SMILES string of the molecule is CC1(C)C=Cc2c(O)cc(C3CCCCC3)cc2O1. The maximum absolute atomic E-state index is 10.2. The molecule has 3 rings (SSSR count). The van der Waals surface area contributed by atoms with Crippen LogP contribution in [0.5, 0.6) is 11.5 Å². The van der Waals surface area contributed by atoms with E-state index in [1.54, 1.807) is 0 Å². The van der Waals surface area contributed by atoms with Crippen molar-refractivity contribution in [1.82, 2.24) is 0 Å². The second-order valence-electron chi connectivity index (χ2n) is 6.33. The molecule has 0 unspecified atom stereocenters. The Morgan fingerprint density at radius 3 is 2.63 bits per heavy atom. The largest absolute Gasteiger partial charge is 0.507 e. The van der Waals surface area contributed by atoms with Crippen LogP contribution < -0.4 is 4.74 Å². The quantitative estimate of drug-likeness (QED) is 0.796. The van der Waals surface area contributed by atoms with E-state index in [-0.39, 0.29) is 5.60 Å². The number of benzene rings is 1. The highest BCUT2D eigenvalue weighted by Gasteiger charge is 2.25. The highest BCUT2D eigenvalue weighted by Crippen LogP contribution is 2.42. The lowest BCUT2D eigenvalue weighted by Crippen LogP contribution is -2.27. The van der Waals surface area contributed by atoms with Crippen molar-refractivity contribution in [2.45, 2.75) is 57.5 Å². The average molecular weight is 258 g/mol. The molecular weight excluding hydrogens is 236 g/mol. The van der Waals surface area contributed by atoms with E-state index >= 15 is 0 Å². The van der Waals surface area contributed by atoms with Gasteiger partial charge in [0.1, 0.15) is 17.1 Å². The van der Waals surface area contributed by atoms with Crippen molar-refractivity contribution in [2.24, 2.45) is 0 Å². The van der Waals surface area contributed by atoms with E-state index in [4.69, 9.17) is 4.74 Å². The number of phenolic OH excluding ortho intramolecular Hbond substituents is 1. The molecule has 1 aliphatic heterocycles. The summed E-state index contributed by atoms with van der Waals surface area (Å²) in [4.78, 5) is 0. The lowest BCUT2D eigenvalue weighted by molar-refractivity contribution is 0.158. The van der Waals surface area contributed by atoms with Crippen molar-refractivity contribution in [3.8, 4) is 11.5 Å². The maximum atomic E-state index is 10.2. The van der Waals surface area contributed by atoms with Gasteiger partial charge in [-0.15, -0.1) is 0 Å². The summed E-state index contributed by atoms with van der Waals surface area (Å²) in [7, 11) is 0. The van der Waals surface area contributed by atoms with E-state index in [0.717, 1.165) is 11.3 Å². The molecule has 0 saturated heterocycles. The molecule has 0 spiro atoms. The van der Waals surface area contributed by atoms with Crippen LogP contribution in [0.3, 0.4) is 0 Å². The second-order valence-corrected chi connectivity index (χ2v) is 6.33. The smallest absolute Gasteiger partial charge is 0.131 e. The molecule has 0 bridgehead atoms. The van der Waals surface area contributed by atoms with Gasteiger partial charge in [0.2, 0.25) is 0 Å². The van der Waals surface area contributed by atoms with Gasteiger partial charge in [-0.05, 0) is 62.5 Å². The van der Waals surface area contributed by atoms with Crippen molar-refractivity contribution in [3.63, 3.8) is 0 Å². The third-order valence-corrected chi connectivity index (χ3v) is 4.24. The first-order valence-electron chi connectivity index (χ1n) is 7.30. The van der Waals surface area contributed by atoms with Gasteiger partial charge in [0.25, 0.3) is 0 Å². The Morgan fingerprint density at radius 1 is 1.16 bits per heavy atom. The summed E-state index contributed by atoms with van der Waals surface area (Å²) < 4.78 is 5.98. The zero-order valence-electron chi connectivity index (χ0n) is 11.8. The summed E-state index contributed by atoms with van der Waals surface area (Å²) in [5.41, 5.74) is 1.77. The first kappa shape index (κ1) is 12.6. The molecule has 0 radical (unpaired) electrons. The molecular formula is C17H22O2. The Labute approximate surface area is 115 Å². The Balaban J connectivity index is 1.97. The number of phenols is 1. The number of ether oxygens (including phenoxy) is 1. The molecule has 0 amide bonds. The molecule has 2 nitrogen and oxygen atoms in total. The number of rotatable bonds is 1. The van der Waals surface area contributed by atoms with Gasteiger partial charge in [-0.3, -0.25) is 0 Å². The molecule has 1 N–H and O–H groups in total. The van der Waals surface area contributed by atoms with Gasteiger partial charge in [0, 0.05) is 0 Å². The van der Waals surface area contributed by atoms with Crippen molar-refractivity contribution in [1.29, 1.82) is 0 Å². The average Bonchev–Trinajstić information content (AvgIpc) is 2.38. The molecule has 1 aromatic carbocycles.